The van der Waals surface area contributed by atoms with Gasteiger partial charge in [0.15, 0.2) is 0 Å². The summed E-state index contributed by atoms with van der Waals surface area (Å²) in [4.78, 5) is 25.8. The summed E-state index contributed by atoms with van der Waals surface area (Å²) in [7, 11) is 0. The Bertz CT molecular complexity index is 499. The van der Waals surface area contributed by atoms with E-state index in [1.54, 1.807) is 0 Å². The number of ketones is 1. The fourth-order valence-electron chi connectivity index (χ4n) is 2.60. The molecular weight excluding hydrogens is 252 g/mol. The summed E-state index contributed by atoms with van der Waals surface area (Å²) in [6.45, 7) is 5.78. The van der Waals surface area contributed by atoms with Gasteiger partial charge in [0.2, 0.25) is 5.91 Å². The molecule has 0 aliphatic carbocycles. The van der Waals surface area contributed by atoms with E-state index in [0.29, 0.717) is 31.8 Å². The molecule has 1 saturated heterocycles. The quantitative estimate of drug-likeness (QED) is 0.916. The number of hydrogen-bond donors (Lipinski definition) is 1. The van der Waals surface area contributed by atoms with E-state index in [2.05, 4.69) is 10.2 Å². The molecule has 0 spiro atoms. The molecule has 20 heavy (non-hydrogen) atoms. The van der Waals surface area contributed by atoms with Crippen LogP contribution in [0.25, 0.3) is 0 Å². The van der Waals surface area contributed by atoms with Gasteiger partial charge in [0.05, 0.1) is 6.54 Å². The van der Waals surface area contributed by atoms with Crippen molar-refractivity contribution in [2.75, 3.05) is 25.0 Å². The van der Waals surface area contributed by atoms with Crippen LogP contribution in [0.4, 0.5) is 5.69 Å². The second kappa shape index (κ2) is 6.66. The van der Waals surface area contributed by atoms with Gasteiger partial charge in [-0.3, -0.25) is 14.5 Å². The lowest BCUT2D eigenvalue weighted by atomic mass is 9.94. The molecule has 0 aromatic heterocycles. The van der Waals surface area contributed by atoms with Gasteiger partial charge >= 0.3 is 0 Å². The van der Waals surface area contributed by atoms with E-state index in [-0.39, 0.29) is 11.8 Å². The first-order valence-corrected chi connectivity index (χ1v) is 7.20. The molecule has 1 heterocycles. The van der Waals surface area contributed by atoms with Crippen molar-refractivity contribution in [1.82, 2.24) is 4.90 Å². The predicted octanol–water partition coefficient (Wildman–Crippen LogP) is 2.23. The number of nitrogens with one attached hydrogen (secondary N) is 1. The second-order valence-electron chi connectivity index (χ2n) is 5.47. The van der Waals surface area contributed by atoms with Crippen LogP contribution >= 0.6 is 0 Å². The van der Waals surface area contributed by atoms with Crippen LogP contribution in [-0.4, -0.2) is 36.2 Å². The lowest BCUT2D eigenvalue weighted by Gasteiger charge is -2.30. The standard InChI is InChI=1S/C16H22N2O2/c1-3-13-10-18(8-7-15(13)19)11-16(20)17-14-6-4-5-12(2)9-14/h4-6,9,13H,3,7-8,10-11H2,1-2H3,(H,17,20). The number of carbonyl (C=O) groups is 2. The van der Waals surface area contributed by atoms with Gasteiger partial charge in [-0.05, 0) is 31.0 Å². The molecule has 2 rings (SSSR count). The lowest BCUT2D eigenvalue weighted by Crippen LogP contribution is -2.44. The minimum Gasteiger partial charge on any atom is -0.325 e. The normalized spacial score (nSPS) is 19.9. The topological polar surface area (TPSA) is 49.4 Å². The smallest absolute Gasteiger partial charge is 0.238 e. The average molecular weight is 274 g/mol. The van der Waals surface area contributed by atoms with Crippen molar-refractivity contribution in [3.05, 3.63) is 29.8 Å². The Labute approximate surface area is 120 Å². The van der Waals surface area contributed by atoms with Crippen LogP contribution in [0.2, 0.25) is 0 Å². The number of carbonyl (C=O) groups excluding carboxylic acids is 2. The summed E-state index contributed by atoms with van der Waals surface area (Å²) < 4.78 is 0. The van der Waals surface area contributed by atoms with Crippen LogP contribution in [0.1, 0.15) is 25.3 Å². The number of Topliss-reactive ketones (excluding diaryl/α,β-unsaturated/α-hetero) is 1. The van der Waals surface area contributed by atoms with Crippen molar-refractivity contribution in [3.63, 3.8) is 0 Å². The number of piperidine rings is 1. The molecule has 0 bridgehead atoms. The highest BCUT2D eigenvalue weighted by molar-refractivity contribution is 5.92. The monoisotopic (exact) mass is 274 g/mol. The number of rotatable bonds is 4. The van der Waals surface area contributed by atoms with E-state index in [9.17, 15) is 9.59 Å². The molecule has 1 aromatic carbocycles. The maximum Gasteiger partial charge on any atom is 0.238 e. The number of amides is 1. The number of nitrogens with zero attached hydrogens (tertiary/aromatic N) is 1. The van der Waals surface area contributed by atoms with Gasteiger partial charge in [0, 0.05) is 31.1 Å². The minimum atomic E-state index is -0.0141. The fraction of sp³-hybridized carbons (Fsp3) is 0.500. The minimum absolute atomic E-state index is 0.0141. The van der Waals surface area contributed by atoms with Gasteiger partial charge in [-0.25, -0.2) is 0 Å². The van der Waals surface area contributed by atoms with Gasteiger partial charge in [0.25, 0.3) is 0 Å². The Morgan fingerprint density at radius 3 is 2.95 bits per heavy atom. The van der Waals surface area contributed by atoms with E-state index in [1.165, 1.54) is 0 Å². The summed E-state index contributed by atoms with van der Waals surface area (Å²) in [6.07, 6.45) is 1.42. The largest absolute Gasteiger partial charge is 0.325 e. The molecule has 108 valence electrons. The third-order valence-electron chi connectivity index (χ3n) is 3.77. The van der Waals surface area contributed by atoms with Gasteiger partial charge in [-0.15, -0.1) is 0 Å². The molecule has 1 aliphatic heterocycles. The summed E-state index contributed by atoms with van der Waals surface area (Å²) in [5.41, 5.74) is 1.95. The first-order chi connectivity index (χ1) is 9.58. The maximum atomic E-state index is 12.0. The Morgan fingerprint density at radius 2 is 2.25 bits per heavy atom. The third-order valence-corrected chi connectivity index (χ3v) is 3.77. The molecule has 4 heteroatoms. The van der Waals surface area contributed by atoms with Gasteiger partial charge in [-0.1, -0.05) is 19.1 Å². The Hall–Kier alpha value is -1.68. The van der Waals surface area contributed by atoms with Crippen molar-refractivity contribution in [3.8, 4) is 0 Å². The van der Waals surface area contributed by atoms with Gasteiger partial charge < -0.3 is 5.32 Å². The molecule has 4 nitrogen and oxygen atoms in total. The van der Waals surface area contributed by atoms with E-state index >= 15 is 0 Å². The summed E-state index contributed by atoms with van der Waals surface area (Å²) in [5, 5.41) is 2.91. The Kier molecular flexibility index (Phi) is 4.90. The van der Waals surface area contributed by atoms with Crippen molar-refractivity contribution < 1.29 is 9.59 Å². The highest BCUT2D eigenvalue weighted by Gasteiger charge is 2.26. The summed E-state index contributed by atoms with van der Waals surface area (Å²) >= 11 is 0. The number of anilines is 1. The van der Waals surface area contributed by atoms with Crippen molar-refractivity contribution in [1.29, 1.82) is 0 Å². The van der Waals surface area contributed by atoms with Crippen molar-refractivity contribution in [2.24, 2.45) is 5.92 Å². The molecule has 1 N–H and O–H groups in total. The summed E-state index contributed by atoms with van der Waals surface area (Å²) in [6, 6.07) is 7.77. The average Bonchev–Trinajstić information content (AvgIpc) is 2.41. The fourth-order valence-corrected chi connectivity index (χ4v) is 2.60. The Balaban J connectivity index is 1.87. The predicted molar refractivity (Wildman–Crippen MR) is 79.7 cm³/mol. The van der Waals surface area contributed by atoms with Crippen molar-refractivity contribution >= 4 is 17.4 Å². The SMILES string of the molecule is CCC1CN(CC(=O)Nc2cccc(C)c2)CCC1=O. The second-order valence-corrected chi connectivity index (χ2v) is 5.47. The third kappa shape index (κ3) is 3.90. The van der Waals surface area contributed by atoms with E-state index < -0.39 is 0 Å². The molecule has 1 unspecified atom stereocenters. The van der Waals surface area contributed by atoms with E-state index in [0.717, 1.165) is 17.7 Å². The van der Waals surface area contributed by atoms with E-state index in [4.69, 9.17) is 0 Å². The van der Waals surface area contributed by atoms with Crippen LogP contribution < -0.4 is 5.32 Å². The number of hydrogen-bond acceptors (Lipinski definition) is 3. The van der Waals surface area contributed by atoms with Crippen LogP contribution in [0.5, 0.6) is 0 Å². The molecular formula is C16H22N2O2. The van der Waals surface area contributed by atoms with Crippen LogP contribution in [0.3, 0.4) is 0 Å². The van der Waals surface area contributed by atoms with Crippen LogP contribution in [0, 0.1) is 12.8 Å². The zero-order chi connectivity index (χ0) is 14.5. The van der Waals surface area contributed by atoms with Gasteiger partial charge in [-0.2, -0.15) is 0 Å². The Morgan fingerprint density at radius 1 is 1.45 bits per heavy atom. The lowest BCUT2D eigenvalue weighted by molar-refractivity contribution is -0.128. The molecule has 1 aromatic rings. The van der Waals surface area contributed by atoms with E-state index in [1.807, 2.05) is 38.1 Å². The summed E-state index contributed by atoms with van der Waals surface area (Å²) in [5.74, 6) is 0.415. The molecule has 1 amide bonds. The first-order valence-electron chi connectivity index (χ1n) is 7.20. The highest BCUT2D eigenvalue weighted by atomic mass is 16.2. The molecule has 1 aliphatic rings. The molecule has 0 radical (unpaired) electrons. The number of aryl methyl sites for hydroxylation is 1. The first kappa shape index (κ1) is 14.7. The highest BCUT2D eigenvalue weighted by Crippen LogP contribution is 2.16. The van der Waals surface area contributed by atoms with Crippen LogP contribution in [-0.2, 0) is 9.59 Å². The number of benzene rings is 1. The zero-order valence-electron chi connectivity index (χ0n) is 12.2. The van der Waals surface area contributed by atoms with Crippen molar-refractivity contribution in [2.45, 2.75) is 26.7 Å². The number of likely N-dealkylation sites (tertiary alicyclic amines) is 1. The molecule has 1 fully saturated rings. The van der Waals surface area contributed by atoms with Crippen LogP contribution in [0.15, 0.2) is 24.3 Å². The maximum absolute atomic E-state index is 12.0. The molecule has 0 saturated carbocycles. The molecule has 1 atom stereocenters. The van der Waals surface area contributed by atoms with Gasteiger partial charge in [0.1, 0.15) is 5.78 Å². The zero-order valence-corrected chi connectivity index (χ0v) is 12.2.